The van der Waals surface area contributed by atoms with E-state index in [1.807, 2.05) is 56.3 Å². The Kier molecular flexibility index (Phi) is 12.7. The van der Waals surface area contributed by atoms with E-state index < -0.39 is 78.8 Å². The molecular formula is C40H53N7O8. The number of cyclic esters (lactones) is 1. The first-order valence-electron chi connectivity index (χ1n) is 19.4. The van der Waals surface area contributed by atoms with Crippen LogP contribution in [0.5, 0.6) is 0 Å². The van der Waals surface area contributed by atoms with E-state index in [1.165, 1.54) is 4.90 Å². The summed E-state index contributed by atoms with van der Waals surface area (Å²) < 4.78 is 5.79. The summed E-state index contributed by atoms with van der Waals surface area (Å²) in [6, 6.07) is 9.76. The van der Waals surface area contributed by atoms with Gasteiger partial charge in [0, 0.05) is 31.7 Å². The van der Waals surface area contributed by atoms with Crippen molar-refractivity contribution in [1.29, 1.82) is 0 Å². The third-order valence-corrected chi connectivity index (χ3v) is 11.1. The van der Waals surface area contributed by atoms with E-state index in [0.29, 0.717) is 50.9 Å². The van der Waals surface area contributed by atoms with E-state index in [1.54, 1.807) is 28.9 Å². The molecule has 5 N–H and O–H groups in total. The molecule has 55 heavy (non-hydrogen) atoms. The number of hydrogen-bond donors (Lipinski definition) is 5. The number of aryl methyl sites for hydroxylation is 1. The highest BCUT2D eigenvalue weighted by molar-refractivity contribution is 5.97. The maximum Gasteiger partial charge on any atom is 0.323 e. The second kappa shape index (κ2) is 17.6. The lowest BCUT2D eigenvalue weighted by molar-refractivity contribution is -0.159. The molecule has 8 atom stereocenters. The van der Waals surface area contributed by atoms with Gasteiger partial charge in [-0.2, -0.15) is 0 Å². The van der Waals surface area contributed by atoms with Gasteiger partial charge in [0.05, 0.1) is 6.04 Å². The van der Waals surface area contributed by atoms with Crippen LogP contribution in [0.25, 0.3) is 0 Å². The number of hydrogen-bond acceptors (Lipinski definition) is 9. The van der Waals surface area contributed by atoms with Crippen molar-refractivity contribution in [3.05, 3.63) is 65.7 Å². The molecule has 4 fully saturated rings. The highest BCUT2D eigenvalue weighted by Crippen LogP contribution is 2.29. The molecule has 6 amide bonds. The predicted octanol–water partition coefficient (Wildman–Crippen LogP) is 1.68. The third kappa shape index (κ3) is 9.45. The van der Waals surface area contributed by atoms with Crippen LogP contribution >= 0.6 is 0 Å². The zero-order valence-electron chi connectivity index (χ0n) is 31.7. The second-order valence-corrected chi connectivity index (χ2v) is 15.4. The summed E-state index contributed by atoms with van der Waals surface area (Å²) in [6.45, 7) is 5.92. The van der Waals surface area contributed by atoms with Crippen molar-refractivity contribution in [3.8, 4) is 0 Å². The molecule has 4 saturated heterocycles. The fourth-order valence-corrected chi connectivity index (χ4v) is 8.16. The van der Waals surface area contributed by atoms with Crippen LogP contribution in [0.1, 0.15) is 63.5 Å². The lowest BCUT2D eigenvalue weighted by atomic mass is 9.99. The van der Waals surface area contributed by atoms with Gasteiger partial charge in [0.1, 0.15) is 43.0 Å². The fourth-order valence-electron chi connectivity index (χ4n) is 8.16. The lowest BCUT2D eigenvalue weighted by Crippen LogP contribution is -2.62. The van der Waals surface area contributed by atoms with E-state index in [0.717, 1.165) is 17.5 Å². The van der Waals surface area contributed by atoms with Gasteiger partial charge in [0.25, 0.3) is 0 Å². The van der Waals surface area contributed by atoms with Crippen molar-refractivity contribution < 1.29 is 38.6 Å². The predicted molar refractivity (Wildman–Crippen MR) is 202 cm³/mol. The highest BCUT2D eigenvalue weighted by Gasteiger charge is 2.46. The van der Waals surface area contributed by atoms with Crippen LogP contribution in [-0.4, -0.2) is 124 Å². The van der Waals surface area contributed by atoms with E-state index in [2.05, 4.69) is 21.3 Å². The number of ether oxygens (including phenoxy) is 1. The summed E-state index contributed by atoms with van der Waals surface area (Å²) in [7, 11) is 0. The average molecular weight is 760 g/mol. The van der Waals surface area contributed by atoms with Crippen LogP contribution in [0.2, 0.25) is 0 Å². The van der Waals surface area contributed by atoms with E-state index in [4.69, 9.17) is 4.74 Å². The minimum absolute atomic E-state index is 0.0157. The van der Waals surface area contributed by atoms with Crippen molar-refractivity contribution in [2.75, 3.05) is 31.6 Å². The van der Waals surface area contributed by atoms with Crippen molar-refractivity contribution in [3.63, 3.8) is 0 Å². The Bertz CT molecular complexity index is 1730. The largest absolute Gasteiger partial charge is 0.462 e. The molecule has 0 aliphatic carbocycles. The van der Waals surface area contributed by atoms with Gasteiger partial charge in [0.15, 0.2) is 0 Å². The molecule has 4 aliphatic rings. The lowest BCUT2D eigenvalue weighted by Gasteiger charge is -2.40. The Morgan fingerprint density at radius 2 is 1.58 bits per heavy atom. The molecule has 0 spiro atoms. The molecule has 0 saturated carbocycles. The number of benzene rings is 2. The second-order valence-electron chi connectivity index (χ2n) is 15.4. The van der Waals surface area contributed by atoms with Crippen LogP contribution in [-0.2, 0) is 35.1 Å². The Hall–Kier alpha value is -5.02. The van der Waals surface area contributed by atoms with Crippen molar-refractivity contribution in [1.82, 2.24) is 30.7 Å². The van der Waals surface area contributed by atoms with Gasteiger partial charge < -0.3 is 40.9 Å². The van der Waals surface area contributed by atoms with Gasteiger partial charge in [-0.25, -0.2) is 4.79 Å². The molecule has 4 heterocycles. The number of aliphatic hydroxyl groups is 1. The number of fused-ring (bicyclic) bond motifs is 3. The summed E-state index contributed by atoms with van der Waals surface area (Å²) in [5.74, 6) is -2.75. The summed E-state index contributed by atoms with van der Waals surface area (Å²) >= 11 is 0. The number of nitrogens with one attached hydrogen (secondary N) is 4. The first-order chi connectivity index (χ1) is 26.4. The quantitative estimate of drug-likeness (QED) is 0.273. The Morgan fingerprint density at radius 3 is 2.33 bits per heavy atom. The summed E-state index contributed by atoms with van der Waals surface area (Å²) in [4.78, 5) is 88.1. The monoisotopic (exact) mass is 759 g/mol. The summed E-state index contributed by atoms with van der Waals surface area (Å²) in [6.07, 6.45) is 1.97. The molecule has 4 aliphatic heterocycles. The number of amides is 6. The van der Waals surface area contributed by atoms with Crippen molar-refractivity contribution in [2.24, 2.45) is 5.92 Å². The Labute approximate surface area is 321 Å². The van der Waals surface area contributed by atoms with Gasteiger partial charge in [-0.05, 0) is 76.0 Å². The van der Waals surface area contributed by atoms with Crippen LogP contribution in [0.4, 0.5) is 10.5 Å². The maximum atomic E-state index is 14.5. The maximum absolute atomic E-state index is 14.5. The molecule has 4 unspecified atom stereocenters. The molecule has 0 radical (unpaired) electrons. The molecule has 15 nitrogen and oxygen atoms in total. The normalized spacial score (nSPS) is 28.6. The molecular weight excluding hydrogens is 706 g/mol. The van der Waals surface area contributed by atoms with Gasteiger partial charge in [-0.3, -0.25) is 28.9 Å². The molecule has 2 aromatic carbocycles. The van der Waals surface area contributed by atoms with Crippen molar-refractivity contribution >= 4 is 41.3 Å². The SMILES string of the molecule is Cc1ccc(NC(=O)N[C@@H](Cc2ccccc2)C(=O)N[C@H]2COC(=O)C3C[C@H](C)CN3C(O)[C@H](C)NC(=O)C3CCCCN3C(=O)C3CCCN3C2=O)cc1. The Balaban J connectivity index is 1.29. The first-order valence-corrected chi connectivity index (χ1v) is 19.4. The smallest absolute Gasteiger partial charge is 0.323 e. The number of urea groups is 1. The standard InChI is InChI=1S/C40H53N7O8/c1-24-14-16-28(17-15-24)42-40(54)44-29(21-27-10-5-4-6-11-27)34(48)43-30-23-55-39(53)33-20-25(2)22-47(33)36(50)26(3)41-35(49)31-12-7-8-18-45(31)38(52)32-13-9-19-46(32)37(30)51/h4-6,10-11,14-17,25-26,29-33,36,50H,7-9,12-13,18-23H2,1-3H3,(H,41,49)(H,43,48)(H2,42,44,54)/t25-,26-,29-,30-,31?,32?,33?,36?/m0/s1. The number of carbonyl (C=O) groups excluding carboxylic acids is 6. The van der Waals surface area contributed by atoms with E-state index in [-0.39, 0.29) is 24.8 Å². The zero-order valence-corrected chi connectivity index (χ0v) is 31.7. The first kappa shape index (κ1) is 39.7. The third-order valence-electron chi connectivity index (χ3n) is 11.1. The van der Waals surface area contributed by atoms with Gasteiger partial charge >= 0.3 is 12.0 Å². The average Bonchev–Trinajstić information content (AvgIpc) is 3.83. The molecule has 15 heteroatoms. The van der Waals surface area contributed by atoms with Crippen LogP contribution in [0.3, 0.4) is 0 Å². The van der Waals surface area contributed by atoms with E-state index in [9.17, 15) is 33.9 Å². The van der Waals surface area contributed by atoms with Crippen LogP contribution in [0.15, 0.2) is 54.6 Å². The fraction of sp³-hybridized carbons (Fsp3) is 0.550. The summed E-state index contributed by atoms with van der Waals surface area (Å²) in [5.41, 5.74) is 2.29. The molecule has 0 aromatic heterocycles. The molecule has 296 valence electrons. The zero-order chi connectivity index (χ0) is 39.2. The van der Waals surface area contributed by atoms with Crippen LogP contribution < -0.4 is 21.3 Å². The number of carbonyl (C=O) groups is 6. The molecule has 0 bridgehead atoms. The summed E-state index contributed by atoms with van der Waals surface area (Å²) in [5, 5.41) is 22.6. The number of nitrogens with zero attached hydrogens (tertiary/aromatic N) is 3. The minimum atomic E-state index is -1.41. The Morgan fingerprint density at radius 1 is 0.891 bits per heavy atom. The van der Waals surface area contributed by atoms with Crippen molar-refractivity contribution in [2.45, 2.75) is 108 Å². The number of anilines is 1. The number of aliphatic hydroxyl groups excluding tert-OH is 1. The minimum Gasteiger partial charge on any atom is -0.462 e. The molecule has 6 rings (SSSR count). The topological polar surface area (TPSA) is 190 Å². The van der Waals surface area contributed by atoms with Crippen LogP contribution in [0, 0.1) is 12.8 Å². The number of esters is 1. The number of piperidine rings is 1. The van der Waals surface area contributed by atoms with Gasteiger partial charge in [0.2, 0.25) is 23.6 Å². The molecule has 2 aromatic rings. The van der Waals surface area contributed by atoms with Gasteiger partial charge in [-0.15, -0.1) is 0 Å². The van der Waals surface area contributed by atoms with Gasteiger partial charge in [-0.1, -0.05) is 55.0 Å². The highest BCUT2D eigenvalue weighted by atomic mass is 16.5. The van der Waals surface area contributed by atoms with E-state index >= 15 is 0 Å². The number of rotatable bonds is 6.